The first-order valence-electron chi connectivity index (χ1n) is 7.60. The van der Waals surface area contributed by atoms with Gasteiger partial charge in [0.25, 0.3) is 0 Å². The van der Waals surface area contributed by atoms with E-state index in [1.54, 1.807) is 5.57 Å². The van der Waals surface area contributed by atoms with Gasteiger partial charge in [0.1, 0.15) is 0 Å². The van der Waals surface area contributed by atoms with Crippen molar-refractivity contribution < 1.29 is 0 Å². The quantitative estimate of drug-likeness (QED) is 0.551. The second kappa shape index (κ2) is 7.96. The molecule has 0 aromatic heterocycles. The molecular weight excluding hydrogens is 220 g/mol. The van der Waals surface area contributed by atoms with Gasteiger partial charge in [-0.2, -0.15) is 0 Å². The van der Waals surface area contributed by atoms with Crippen LogP contribution < -0.4 is 5.32 Å². The lowest BCUT2D eigenvalue weighted by atomic mass is 9.83. The van der Waals surface area contributed by atoms with E-state index in [-0.39, 0.29) is 0 Å². The molecule has 0 amide bonds. The minimum atomic E-state index is 0.374. The molecule has 2 heteroatoms. The molecule has 0 spiro atoms. The van der Waals surface area contributed by atoms with Gasteiger partial charge in [0, 0.05) is 13.1 Å². The van der Waals surface area contributed by atoms with Gasteiger partial charge in [-0.15, -0.1) is 0 Å². The highest BCUT2D eigenvalue weighted by Gasteiger charge is 2.20. The molecule has 0 aromatic carbocycles. The maximum Gasteiger partial charge on any atom is 0.0166 e. The normalized spacial score (nSPS) is 17.9. The lowest BCUT2D eigenvalue weighted by molar-refractivity contribution is 0.272. The van der Waals surface area contributed by atoms with Crippen molar-refractivity contribution >= 4 is 0 Å². The van der Waals surface area contributed by atoms with Gasteiger partial charge in [-0.3, -0.25) is 4.90 Å². The molecule has 0 atom stereocenters. The van der Waals surface area contributed by atoms with Crippen LogP contribution in [0.2, 0.25) is 0 Å². The van der Waals surface area contributed by atoms with Crippen LogP contribution in [0, 0.1) is 5.41 Å². The fourth-order valence-corrected chi connectivity index (χ4v) is 2.59. The molecule has 0 bridgehead atoms. The van der Waals surface area contributed by atoms with Crippen molar-refractivity contribution in [2.45, 2.75) is 52.9 Å². The summed E-state index contributed by atoms with van der Waals surface area (Å²) in [6.45, 7) is 11.9. The summed E-state index contributed by atoms with van der Waals surface area (Å²) in [5, 5.41) is 3.21. The minimum absolute atomic E-state index is 0.374. The van der Waals surface area contributed by atoms with Crippen molar-refractivity contribution in [3.63, 3.8) is 0 Å². The molecule has 0 radical (unpaired) electrons. The number of hydrogen-bond donors (Lipinski definition) is 1. The summed E-state index contributed by atoms with van der Waals surface area (Å²) < 4.78 is 0. The molecule has 1 aliphatic heterocycles. The maximum atomic E-state index is 3.21. The zero-order valence-electron chi connectivity index (χ0n) is 12.9. The van der Waals surface area contributed by atoms with Gasteiger partial charge in [-0.25, -0.2) is 0 Å². The highest BCUT2D eigenvalue weighted by Crippen LogP contribution is 2.30. The van der Waals surface area contributed by atoms with Crippen molar-refractivity contribution in [2.75, 3.05) is 33.2 Å². The Morgan fingerprint density at radius 1 is 1.17 bits per heavy atom. The minimum Gasteiger partial charge on any atom is -0.320 e. The molecule has 1 heterocycles. The Morgan fingerprint density at radius 2 is 1.89 bits per heavy atom. The topological polar surface area (TPSA) is 15.3 Å². The van der Waals surface area contributed by atoms with Gasteiger partial charge in [-0.05, 0) is 44.8 Å². The SMILES string of the molecule is CNCCCCCCN1CC=C(C(C)(C)C)CC1. The summed E-state index contributed by atoms with van der Waals surface area (Å²) in [5.74, 6) is 0. The summed E-state index contributed by atoms with van der Waals surface area (Å²) in [6, 6.07) is 0. The summed E-state index contributed by atoms with van der Waals surface area (Å²) in [5.41, 5.74) is 2.02. The van der Waals surface area contributed by atoms with Gasteiger partial charge in [-0.1, -0.05) is 45.3 Å². The van der Waals surface area contributed by atoms with Crippen LogP contribution in [-0.4, -0.2) is 38.1 Å². The Morgan fingerprint density at radius 3 is 2.44 bits per heavy atom. The fraction of sp³-hybridized carbons (Fsp3) is 0.875. The number of unbranched alkanes of at least 4 members (excludes halogenated alkanes) is 3. The van der Waals surface area contributed by atoms with Gasteiger partial charge < -0.3 is 5.32 Å². The van der Waals surface area contributed by atoms with E-state index < -0.39 is 0 Å². The van der Waals surface area contributed by atoms with Crippen LogP contribution in [0.15, 0.2) is 11.6 Å². The molecule has 0 aliphatic carbocycles. The third kappa shape index (κ3) is 6.01. The highest BCUT2D eigenvalue weighted by molar-refractivity contribution is 5.14. The van der Waals surface area contributed by atoms with Crippen molar-refractivity contribution in [2.24, 2.45) is 5.41 Å². The molecule has 0 saturated carbocycles. The fourth-order valence-electron chi connectivity index (χ4n) is 2.59. The van der Waals surface area contributed by atoms with Crippen LogP contribution in [0.1, 0.15) is 52.9 Å². The summed E-state index contributed by atoms with van der Waals surface area (Å²) in [4.78, 5) is 2.60. The lowest BCUT2D eigenvalue weighted by Crippen LogP contribution is -2.32. The Hall–Kier alpha value is -0.340. The standard InChI is InChI=1S/C16H32N2/c1-16(2,3)15-9-13-18(14-10-15)12-8-6-5-7-11-17-4/h9,17H,5-8,10-14H2,1-4H3. The Bertz CT molecular complexity index is 250. The molecule has 1 N–H and O–H groups in total. The number of hydrogen-bond acceptors (Lipinski definition) is 2. The average molecular weight is 252 g/mol. The summed E-state index contributed by atoms with van der Waals surface area (Å²) >= 11 is 0. The smallest absolute Gasteiger partial charge is 0.0166 e. The molecule has 0 saturated heterocycles. The van der Waals surface area contributed by atoms with Crippen molar-refractivity contribution in [3.05, 3.63) is 11.6 Å². The molecule has 1 rings (SSSR count). The second-order valence-corrected chi connectivity index (χ2v) is 6.55. The molecule has 1 aliphatic rings. The molecule has 0 aromatic rings. The van der Waals surface area contributed by atoms with E-state index in [0.717, 1.165) is 0 Å². The Kier molecular flexibility index (Phi) is 6.95. The van der Waals surface area contributed by atoms with Crippen LogP contribution in [0.3, 0.4) is 0 Å². The van der Waals surface area contributed by atoms with E-state index in [2.05, 4.69) is 37.1 Å². The predicted octanol–water partition coefficient (Wildman–Crippen LogP) is 3.44. The van der Waals surface area contributed by atoms with E-state index in [0.29, 0.717) is 5.41 Å². The second-order valence-electron chi connectivity index (χ2n) is 6.55. The van der Waals surface area contributed by atoms with E-state index >= 15 is 0 Å². The third-order valence-electron chi connectivity index (χ3n) is 3.91. The van der Waals surface area contributed by atoms with Crippen LogP contribution >= 0.6 is 0 Å². The first-order chi connectivity index (χ1) is 8.54. The highest BCUT2D eigenvalue weighted by atomic mass is 15.1. The Balaban J connectivity index is 2.11. The van der Waals surface area contributed by atoms with Crippen LogP contribution in [0.5, 0.6) is 0 Å². The van der Waals surface area contributed by atoms with Crippen LogP contribution in [0.4, 0.5) is 0 Å². The average Bonchev–Trinajstić information content (AvgIpc) is 2.33. The molecule has 0 fully saturated rings. The third-order valence-corrected chi connectivity index (χ3v) is 3.91. The van der Waals surface area contributed by atoms with Gasteiger partial charge in [0.15, 0.2) is 0 Å². The zero-order chi connectivity index (χ0) is 13.4. The van der Waals surface area contributed by atoms with Crippen LogP contribution in [0.25, 0.3) is 0 Å². The first-order valence-corrected chi connectivity index (χ1v) is 7.60. The summed E-state index contributed by atoms with van der Waals surface area (Å²) in [7, 11) is 2.03. The number of rotatable bonds is 7. The molecule has 106 valence electrons. The van der Waals surface area contributed by atoms with Gasteiger partial charge in [0.2, 0.25) is 0 Å². The van der Waals surface area contributed by atoms with Crippen LogP contribution in [-0.2, 0) is 0 Å². The molecular formula is C16H32N2. The summed E-state index contributed by atoms with van der Waals surface area (Å²) in [6.07, 6.45) is 9.17. The molecule has 0 unspecified atom stereocenters. The first kappa shape index (κ1) is 15.7. The Labute approximate surface area is 114 Å². The van der Waals surface area contributed by atoms with E-state index in [4.69, 9.17) is 0 Å². The molecule has 2 nitrogen and oxygen atoms in total. The maximum absolute atomic E-state index is 3.21. The van der Waals surface area contributed by atoms with Gasteiger partial charge >= 0.3 is 0 Å². The zero-order valence-corrected chi connectivity index (χ0v) is 12.9. The predicted molar refractivity (Wildman–Crippen MR) is 81.0 cm³/mol. The van der Waals surface area contributed by atoms with E-state index in [1.807, 2.05) is 7.05 Å². The van der Waals surface area contributed by atoms with Crippen molar-refractivity contribution in [1.82, 2.24) is 10.2 Å². The lowest BCUT2D eigenvalue weighted by Gasteiger charge is -2.32. The number of nitrogens with one attached hydrogen (secondary N) is 1. The largest absolute Gasteiger partial charge is 0.320 e. The van der Waals surface area contributed by atoms with Crippen molar-refractivity contribution in [1.29, 1.82) is 0 Å². The molecule has 18 heavy (non-hydrogen) atoms. The van der Waals surface area contributed by atoms with Crippen molar-refractivity contribution in [3.8, 4) is 0 Å². The van der Waals surface area contributed by atoms with Gasteiger partial charge in [0.05, 0.1) is 0 Å². The number of nitrogens with zero attached hydrogens (tertiary/aromatic N) is 1. The van der Waals surface area contributed by atoms with E-state index in [1.165, 1.54) is 58.3 Å². The van der Waals surface area contributed by atoms with E-state index in [9.17, 15) is 0 Å². The monoisotopic (exact) mass is 252 g/mol.